The van der Waals surface area contributed by atoms with Gasteiger partial charge in [0, 0.05) is 36.2 Å². The second-order valence-electron chi connectivity index (χ2n) is 14.3. The van der Waals surface area contributed by atoms with Crippen molar-refractivity contribution in [3.05, 3.63) is 180 Å². The lowest BCUT2D eigenvalue weighted by molar-refractivity contribution is 0.854. The largest absolute Gasteiger partial charge is 0.348 e. The average Bonchev–Trinajstić information content (AvgIpc) is 3.94. The predicted octanol–water partition coefficient (Wildman–Crippen LogP) is 10.4. The zero-order chi connectivity index (χ0) is 43.8. The fourth-order valence-electron chi connectivity index (χ4n) is 6.77. The van der Waals surface area contributed by atoms with Crippen molar-refractivity contribution < 1.29 is 0 Å². The van der Waals surface area contributed by atoms with Gasteiger partial charge in [-0.1, -0.05) is 72.3 Å². The SMILES string of the molecule is C[C@H](Nc1nccc(-n2cnc3cc(Nc4ccnc(Cl)n4)ccc32)n1)c1ccccc1.C[C@H](Nc1nccc(-n2cnc3cc(Nc4nccc(Cl)n4)ccc32)n1)c1ccccc1. The number of halogens is 2. The smallest absolute Gasteiger partial charge is 0.228 e. The van der Waals surface area contributed by atoms with E-state index in [1.165, 1.54) is 11.1 Å². The number of hydrogen-bond acceptors (Lipinski definition) is 14. The lowest BCUT2D eigenvalue weighted by Crippen LogP contribution is -2.10. The van der Waals surface area contributed by atoms with Crippen LogP contribution in [0.2, 0.25) is 10.4 Å². The molecule has 6 heterocycles. The average molecular weight is 886 g/mol. The van der Waals surface area contributed by atoms with Gasteiger partial charge in [0.2, 0.25) is 23.1 Å². The molecule has 0 saturated carbocycles. The Hall–Kier alpha value is -8.08. The van der Waals surface area contributed by atoms with Crippen LogP contribution in [0.5, 0.6) is 0 Å². The summed E-state index contributed by atoms with van der Waals surface area (Å²) in [5, 5.41) is 13.6. The van der Waals surface area contributed by atoms with Crippen LogP contribution in [-0.2, 0) is 0 Å². The standard InChI is InChI=1S/2C23H19ClN8/c1-15(16-5-3-2-4-6-16)28-23-26-12-10-21(31-23)32-14-27-18-13-17(7-8-19(18)32)29-20-9-11-25-22(24)30-20;1-15(16-5-3-2-4-6-16)28-22-26-12-10-21(31-22)32-14-27-18-13-17(7-8-19(18)32)29-23-25-11-9-20(24)30-23/h2*2-15H,1H3,(H,25,29,30)(H,26,28,31)/t2*15-/m00/s1. The third kappa shape index (κ3) is 9.83. The van der Waals surface area contributed by atoms with Gasteiger partial charge in [-0.2, -0.15) is 9.97 Å². The summed E-state index contributed by atoms with van der Waals surface area (Å²) in [5.41, 5.74) is 7.47. The van der Waals surface area contributed by atoms with Crippen molar-refractivity contribution in [2.45, 2.75) is 25.9 Å². The molecule has 316 valence electrons. The number of nitrogens with one attached hydrogen (secondary N) is 4. The molecule has 0 unspecified atom stereocenters. The van der Waals surface area contributed by atoms with E-state index in [1.54, 1.807) is 49.6 Å². The molecule has 0 amide bonds. The molecule has 4 aromatic carbocycles. The van der Waals surface area contributed by atoms with Crippen molar-refractivity contribution in [3.8, 4) is 11.6 Å². The summed E-state index contributed by atoms with van der Waals surface area (Å²) in [6.45, 7) is 4.16. The number of anilines is 6. The second-order valence-corrected chi connectivity index (χ2v) is 15.1. The van der Waals surface area contributed by atoms with E-state index in [9.17, 15) is 0 Å². The molecule has 0 aliphatic carbocycles. The molecule has 6 aromatic heterocycles. The van der Waals surface area contributed by atoms with Gasteiger partial charge in [-0.05, 0) is 97.2 Å². The Bertz CT molecular complexity index is 2950. The summed E-state index contributed by atoms with van der Waals surface area (Å²) in [7, 11) is 0. The molecule has 0 radical (unpaired) electrons. The number of hydrogen-bond donors (Lipinski definition) is 4. The minimum Gasteiger partial charge on any atom is -0.348 e. The van der Waals surface area contributed by atoms with E-state index in [1.807, 2.05) is 94.1 Å². The molecule has 10 aromatic rings. The van der Waals surface area contributed by atoms with Gasteiger partial charge in [0.15, 0.2) is 0 Å². The van der Waals surface area contributed by atoms with Gasteiger partial charge < -0.3 is 21.3 Å². The van der Waals surface area contributed by atoms with Crippen LogP contribution in [0.4, 0.5) is 35.0 Å². The Morgan fingerprint density at radius 1 is 0.469 bits per heavy atom. The van der Waals surface area contributed by atoms with Crippen LogP contribution in [0.15, 0.2) is 159 Å². The van der Waals surface area contributed by atoms with Crippen LogP contribution in [0.1, 0.15) is 37.1 Å². The first-order valence-electron chi connectivity index (χ1n) is 20.1. The number of aromatic nitrogens is 12. The summed E-state index contributed by atoms with van der Waals surface area (Å²) in [6.07, 6.45) is 10.2. The number of fused-ring (bicyclic) bond motifs is 2. The molecule has 0 aliphatic rings. The number of nitrogens with zero attached hydrogens (tertiary/aromatic N) is 12. The number of rotatable bonds is 12. The molecule has 0 bridgehead atoms. The maximum atomic E-state index is 5.93. The van der Waals surface area contributed by atoms with Crippen molar-refractivity contribution in [3.63, 3.8) is 0 Å². The summed E-state index contributed by atoms with van der Waals surface area (Å²) >= 11 is 11.8. The number of imidazole rings is 2. The molecule has 0 saturated heterocycles. The first-order valence-corrected chi connectivity index (χ1v) is 20.8. The molecule has 18 heteroatoms. The molecule has 4 N–H and O–H groups in total. The molecule has 0 aliphatic heterocycles. The fourth-order valence-corrected chi connectivity index (χ4v) is 7.05. The molecule has 0 spiro atoms. The molecule has 16 nitrogen and oxygen atoms in total. The van der Waals surface area contributed by atoms with Gasteiger partial charge in [0.05, 0.1) is 34.2 Å². The van der Waals surface area contributed by atoms with E-state index < -0.39 is 0 Å². The summed E-state index contributed by atoms with van der Waals surface area (Å²) < 4.78 is 3.86. The Labute approximate surface area is 377 Å². The van der Waals surface area contributed by atoms with Crippen molar-refractivity contribution in [1.29, 1.82) is 0 Å². The van der Waals surface area contributed by atoms with E-state index in [0.717, 1.165) is 45.1 Å². The van der Waals surface area contributed by atoms with E-state index in [2.05, 4.69) is 109 Å². The highest BCUT2D eigenvalue weighted by Crippen LogP contribution is 2.26. The predicted molar refractivity (Wildman–Crippen MR) is 251 cm³/mol. The van der Waals surface area contributed by atoms with Crippen LogP contribution in [-0.4, -0.2) is 59.0 Å². The van der Waals surface area contributed by atoms with Crippen molar-refractivity contribution in [2.75, 3.05) is 21.3 Å². The lowest BCUT2D eigenvalue weighted by Gasteiger charge is -2.14. The van der Waals surface area contributed by atoms with Crippen LogP contribution in [0, 0.1) is 0 Å². The van der Waals surface area contributed by atoms with Crippen LogP contribution >= 0.6 is 23.2 Å². The second kappa shape index (κ2) is 18.9. The minimum atomic E-state index is 0.0772. The number of benzene rings is 4. The Kier molecular flexibility index (Phi) is 12.2. The monoisotopic (exact) mass is 884 g/mol. The van der Waals surface area contributed by atoms with E-state index in [-0.39, 0.29) is 17.4 Å². The third-order valence-electron chi connectivity index (χ3n) is 9.94. The van der Waals surface area contributed by atoms with Gasteiger partial charge in [0.1, 0.15) is 35.3 Å². The first-order chi connectivity index (χ1) is 31.3. The van der Waals surface area contributed by atoms with Crippen LogP contribution in [0.25, 0.3) is 33.7 Å². The highest BCUT2D eigenvalue weighted by molar-refractivity contribution is 6.29. The zero-order valence-electron chi connectivity index (χ0n) is 34.3. The highest BCUT2D eigenvalue weighted by Gasteiger charge is 2.13. The van der Waals surface area contributed by atoms with Crippen molar-refractivity contribution in [1.82, 2.24) is 59.0 Å². The topological polar surface area (TPSA) is 187 Å². The quantitative estimate of drug-likeness (QED) is 0.0670. The lowest BCUT2D eigenvalue weighted by atomic mass is 10.1. The van der Waals surface area contributed by atoms with E-state index in [4.69, 9.17) is 23.2 Å². The molecule has 2 atom stereocenters. The van der Waals surface area contributed by atoms with Gasteiger partial charge in [-0.3, -0.25) is 9.13 Å². The maximum Gasteiger partial charge on any atom is 0.228 e. The highest BCUT2D eigenvalue weighted by atomic mass is 35.5. The Morgan fingerprint density at radius 3 is 1.50 bits per heavy atom. The maximum absolute atomic E-state index is 5.93. The van der Waals surface area contributed by atoms with E-state index in [0.29, 0.717) is 28.8 Å². The summed E-state index contributed by atoms with van der Waals surface area (Å²) in [6, 6.07) is 39.3. The molecule has 0 fully saturated rings. The van der Waals surface area contributed by atoms with Crippen LogP contribution < -0.4 is 21.3 Å². The Morgan fingerprint density at radius 2 is 0.969 bits per heavy atom. The molecule has 10 rings (SSSR count). The summed E-state index contributed by atoms with van der Waals surface area (Å²) in [4.78, 5) is 43.5. The van der Waals surface area contributed by atoms with Gasteiger partial charge in [-0.15, -0.1) is 0 Å². The molecular weight excluding hydrogens is 848 g/mol. The Balaban J connectivity index is 0.000000162. The third-order valence-corrected chi connectivity index (χ3v) is 10.3. The zero-order valence-corrected chi connectivity index (χ0v) is 35.8. The molecule has 64 heavy (non-hydrogen) atoms. The summed E-state index contributed by atoms with van der Waals surface area (Å²) in [5.74, 6) is 3.60. The fraction of sp³-hybridized carbons (Fsp3) is 0.0870. The van der Waals surface area contributed by atoms with Gasteiger partial charge in [-0.25, -0.2) is 39.9 Å². The van der Waals surface area contributed by atoms with Crippen molar-refractivity contribution in [2.24, 2.45) is 0 Å². The van der Waals surface area contributed by atoms with E-state index >= 15 is 0 Å². The van der Waals surface area contributed by atoms with Gasteiger partial charge >= 0.3 is 0 Å². The van der Waals surface area contributed by atoms with Crippen molar-refractivity contribution >= 4 is 80.3 Å². The normalized spacial score (nSPS) is 11.9. The molecular formula is C46H38Cl2N16. The first kappa shape index (κ1) is 41.3. The van der Waals surface area contributed by atoms with Gasteiger partial charge in [0.25, 0.3) is 0 Å². The minimum absolute atomic E-state index is 0.0772. The van der Waals surface area contributed by atoms with Crippen LogP contribution in [0.3, 0.4) is 0 Å².